The van der Waals surface area contributed by atoms with Gasteiger partial charge < -0.3 is 71.1 Å². The standard InChI is InChI=1S/C32H44ClN7O5S.C27H36ClN7O3S.C20H30N2O3.C12H15Cl2N5O2S/c1-18(2)17-46(42,43)29-25(16-39(8)38-29)35-28-23(33)15-34-30(37-28)36-24-13-19(3)26(22-14-20(4)44-27(22)24)21-9-11-40(12-10-21)31(41)45-32(5,6)7;1-15(2)14-39(36,37)26-22(13-35(5)34-26)31-25-20(28)12-30-27(33-25)32-21-10-16(3)23(18-6-8-29-9-7-18)19-11-17(4)38-24(19)21;1-12-10-16(21)18-15(11-13(2)24-18)17(12)14-6-8-22(9-7-14)19(23)25-20(3,4)5;1-7(2)6-22(20,21)11-9(5-19(3)18-11)16-10-8(13)4-15-12(14)17-10/h13,15-16,18,20-21H,9-12,14,17H2,1-8H3,(H2,34,35,36,37);10,12-13,15,17-18,29H,6-9,11,14H2,1-5H3,(H2,30,31,32,33);10,13-14H,6-9,11,21H2,1-5H3;4-5,7H,6H2,1-3H3,(H,15,16,17)/t20-;17-;13-;/m111./s1. The molecule has 132 heavy (non-hydrogen) atoms. The van der Waals surface area contributed by atoms with Crippen molar-refractivity contribution in [3.05, 3.63) is 126 Å². The van der Waals surface area contributed by atoms with Crippen molar-refractivity contribution in [3.8, 4) is 17.2 Å². The molecule has 3 aromatic carbocycles. The molecule has 41 heteroatoms. The fraction of sp³-hybridized carbons (Fsp3) is 0.549. The number of rotatable bonds is 22. The molecule has 0 saturated carbocycles. The van der Waals surface area contributed by atoms with E-state index in [1.165, 1.54) is 71.6 Å². The lowest BCUT2D eigenvalue weighted by atomic mass is 9.82. The summed E-state index contributed by atoms with van der Waals surface area (Å²) in [4.78, 5) is 54.2. The number of halogens is 4. The smallest absolute Gasteiger partial charge is 0.410 e. The molecule has 12 heterocycles. The second kappa shape index (κ2) is 41.6. The Morgan fingerprint density at radius 3 is 1.12 bits per heavy atom. The number of benzene rings is 3. The van der Waals surface area contributed by atoms with E-state index >= 15 is 0 Å². The molecular formula is C91H125Cl4N21O13S3. The number of hydrogen-bond acceptors (Lipinski definition) is 29. The molecule has 6 aliphatic heterocycles. The molecule has 0 spiro atoms. The lowest BCUT2D eigenvalue weighted by Crippen LogP contribution is -2.41. The zero-order valence-electron chi connectivity index (χ0n) is 79.0. The molecule has 8 N–H and O–H groups in total. The Bertz CT molecular complexity index is 6080. The first-order valence-corrected chi connectivity index (χ1v) is 51.1. The lowest BCUT2D eigenvalue weighted by Gasteiger charge is -2.34. The Hall–Kier alpha value is -9.76. The van der Waals surface area contributed by atoms with Crippen molar-refractivity contribution < 1.29 is 58.5 Å². The number of hydrogen-bond donors (Lipinski definition) is 7. The van der Waals surface area contributed by atoms with Gasteiger partial charge in [0.25, 0.3) is 0 Å². The van der Waals surface area contributed by atoms with E-state index in [4.69, 9.17) is 75.8 Å². The van der Waals surface area contributed by atoms with Crippen LogP contribution in [0.15, 0.2) is 70.5 Å². The molecule has 0 radical (unpaired) electrons. The Morgan fingerprint density at radius 2 is 0.780 bits per heavy atom. The minimum absolute atomic E-state index is 0.00175. The van der Waals surface area contributed by atoms with E-state index < -0.39 is 40.7 Å². The monoisotopic (exact) mass is 1960 g/mol. The SMILES string of the molecule is CC(C)CS(=O)(=O)c1nn(C)cc1Nc1nc(Cl)ncc1Cl.Cc1cc(N)c2c(c1C1CCN(C(=O)OC(C)(C)C)CC1)C[C@@H](C)O2.Cc1cc(Nc2ncc(Cl)c(Nc3cn(C)nc3S(=O)(=O)CC(C)C)n2)c2c(c1C1CCN(C(=O)OC(C)(C)C)CC1)C[C@@H](C)O2.Cc1cc(Nc2ncc(Cl)c(Nc3cn(C)nc3S(=O)(=O)CC(C)C)n2)c2c(c1C1CCNCC1)C[C@@H](C)O2. The minimum atomic E-state index is -3.64. The summed E-state index contributed by atoms with van der Waals surface area (Å²) < 4.78 is 111. The third-order valence-corrected chi connectivity index (χ3v) is 29.6. The van der Waals surface area contributed by atoms with Gasteiger partial charge in [0, 0.05) is 102 Å². The van der Waals surface area contributed by atoms with Gasteiger partial charge in [0.05, 0.1) is 70.0 Å². The zero-order chi connectivity index (χ0) is 96.3. The average molecular weight is 1960 g/mol. The number of fused-ring (bicyclic) bond motifs is 3. The van der Waals surface area contributed by atoms with Crippen LogP contribution < -0.4 is 51.8 Å². The van der Waals surface area contributed by atoms with Crippen LogP contribution in [-0.2, 0) is 79.4 Å². The summed E-state index contributed by atoms with van der Waals surface area (Å²) in [6.45, 7) is 39.8. The van der Waals surface area contributed by atoms with Crippen molar-refractivity contribution in [2.24, 2.45) is 38.9 Å². The second-order valence-electron chi connectivity index (χ2n) is 38.2. The first-order valence-electron chi connectivity index (χ1n) is 44.6. The maximum Gasteiger partial charge on any atom is 0.410 e. The summed E-state index contributed by atoms with van der Waals surface area (Å²) >= 11 is 24.6. The van der Waals surface area contributed by atoms with Gasteiger partial charge in [-0.3, -0.25) is 14.0 Å². The number of carbonyl (C=O) groups excluding carboxylic acids is 2. The summed E-state index contributed by atoms with van der Waals surface area (Å²) in [6, 6.07) is 6.19. The van der Waals surface area contributed by atoms with Gasteiger partial charge in [0.2, 0.25) is 32.3 Å². The molecule has 3 atom stereocenters. The van der Waals surface area contributed by atoms with Crippen LogP contribution in [0.5, 0.6) is 17.2 Å². The number of nitrogen functional groups attached to an aromatic ring is 1. The number of ether oxygens (including phenoxy) is 5. The quantitative estimate of drug-likeness (QED) is 0.0245. The summed E-state index contributed by atoms with van der Waals surface area (Å²) in [5.74, 6) is 4.89. The third-order valence-electron chi connectivity index (χ3n) is 22.6. The third kappa shape index (κ3) is 25.2. The van der Waals surface area contributed by atoms with Crippen molar-refractivity contribution in [1.82, 2.24) is 74.4 Å². The number of carbonyl (C=O) groups is 2. The van der Waals surface area contributed by atoms with E-state index in [1.807, 2.05) is 101 Å². The number of anilines is 11. The topological polar surface area (TPSA) is 418 Å². The zero-order valence-corrected chi connectivity index (χ0v) is 84.5. The summed E-state index contributed by atoms with van der Waals surface area (Å²) in [5.41, 5.74) is 19.7. The van der Waals surface area contributed by atoms with Gasteiger partial charge in [-0.15, -0.1) is 0 Å². The number of likely N-dealkylation sites (tertiary alicyclic amines) is 2. The molecule has 9 aromatic rings. The highest BCUT2D eigenvalue weighted by atomic mass is 35.5. The summed E-state index contributed by atoms with van der Waals surface area (Å²) in [6.07, 6.45) is 17.2. The van der Waals surface area contributed by atoms with Gasteiger partial charge in [-0.2, -0.15) is 30.2 Å². The molecule has 6 aromatic heterocycles. The van der Waals surface area contributed by atoms with E-state index in [2.05, 4.69) is 124 Å². The maximum absolute atomic E-state index is 13.0. The molecule has 3 fully saturated rings. The number of nitrogens with one attached hydrogen (secondary N) is 6. The number of amides is 2. The Kier molecular flexibility index (Phi) is 31.9. The fourth-order valence-electron chi connectivity index (χ4n) is 17.6. The number of nitrogens with zero attached hydrogens (tertiary/aromatic N) is 14. The van der Waals surface area contributed by atoms with Crippen LogP contribution in [0.1, 0.15) is 210 Å². The van der Waals surface area contributed by atoms with Crippen LogP contribution in [0, 0.1) is 38.5 Å². The molecule has 0 bridgehead atoms. The number of aromatic nitrogens is 12. The highest BCUT2D eigenvalue weighted by Gasteiger charge is 2.39. The number of aryl methyl sites for hydroxylation is 6. The molecule has 0 aliphatic carbocycles. The van der Waals surface area contributed by atoms with Gasteiger partial charge in [-0.05, 0) is 233 Å². The van der Waals surface area contributed by atoms with Crippen LogP contribution in [-0.4, -0.2) is 193 Å². The van der Waals surface area contributed by atoms with Gasteiger partial charge in [0.1, 0.15) is 61.8 Å². The van der Waals surface area contributed by atoms with Crippen molar-refractivity contribution in [1.29, 1.82) is 0 Å². The van der Waals surface area contributed by atoms with Crippen LogP contribution >= 0.6 is 46.4 Å². The highest BCUT2D eigenvalue weighted by Crippen LogP contribution is 2.50. The molecule has 15 rings (SSSR count). The van der Waals surface area contributed by atoms with E-state index in [0.717, 1.165) is 129 Å². The Labute approximate surface area is 794 Å². The van der Waals surface area contributed by atoms with Crippen molar-refractivity contribution in [2.75, 3.05) is 88.8 Å². The maximum atomic E-state index is 13.0. The molecule has 3 saturated heterocycles. The molecule has 34 nitrogen and oxygen atoms in total. The van der Waals surface area contributed by atoms with Gasteiger partial charge in [-0.25, -0.2) is 49.8 Å². The van der Waals surface area contributed by atoms with Gasteiger partial charge in [-0.1, -0.05) is 76.3 Å². The first-order chi connectivity index (χ1) is 61.9. The predicted molar refractivity (Wildman–Crippen MR) is 517 cm³/mol. The number of nitrogens with two attached hydrogens (primary N) is 1. The second-order valence-corrected chi connectivity index (χ2v) is 45.6. The highest BCUT2D eigenvalue weighted by molar-refractivity contribution is 7.92. The van der Waals surface area contributed by atoms with E-state index in [1.54, 1.807) is 44.6 Å². The van der Waals surface area contributed by atoms with E-state index in [-0.39, 0.29) is 130 Å². The molecule has 6 aliphatic rings. The Morgan fingerprint density at radius 1 is 0.470 bits per heavy atom. The largest absolute Gasteiger partial charge is 0.488 e. The van der Waals surface area contributed by atoms with E-state index in [9.17, 15) is 34.8 Å². The molecule has 718 valence electrons. The predicted octanol–water partition coefficient (Wildman–Crippen LogP) is 18.1. The van der Waals surface area contributed by atoms with Crippen LogP contribution in [0.2, 0.25) is 20.4 Å². The lowest BCUT2D eigenvalue weighted by molar-refractivity contribution is 0.0194. The van der Waals surface area contributed by atoms with Crippen LogP contribution in [0.4, 0.5) is 73.1 Å². The van der Waals surface area contributed by atoms with Crippen LogP contribution in [0.25, 0.3) is 0 Å². The fourth-order valence-corrected chi connectivity index (χ4v) is 23.4. The Balaban J connectivity index is 0.000000166. The minimum Gasteiger partial charge on any atom is -0.488 e. The van der Waals surface area contributed by atoms with Crippen molar-refractivity contribution in [2.45, 2.75) is 245 Å². The molecule has 0 unspecified atom stereocenters. The van der Waals surface area contributed by atoms with E-state index in [0.29, 0.717) is 48.2 Å². The molecular weight excluding hydrogens is 1830 g/mol. The van der Waals surface area contributed by atoms with Gasteiger partial charge >= 0.3 is 12.2 Å². The number of sulfone groups is 3. The first kappa shape index (κ1) is 101. The molecule has 2 amide bonds. The van der Waals surface area contributed by atoms with Crippen LogP contribution in [0.3, 0.4) is 0 Å². The van der Waals surface area contributed by atoms with Crippen molar-refractivity contribution in [3.63, 3.8) is 0 Å². The van der Waals surface area contributed by atoms with Gasteiger partial charge in [0.15, 0.2) is 47.0 Å². The summed E-state index contributed by atoms with van der Waals surface area (Å²) in [7, 11) is -5.82. The number of piperidine rings is 3. The summed E-state index contributed by atoms with van der Waals surface area (Å²) in [5, 5.41) is 32.1. The van der Waals surface area contributed by atoms with Crippen molar-refractivity contribution >= 4 is 152 Å². The average Bonchev–Trinajstić information content (AvgIpc) is 1.60. The normalized spacial score (nSPS) is 17.2.